The zero-order valence-corrected chi connectivity index (χ0v) is 9.73. The molecule has 2 aliphatic heterocycles. The van der Waals surface area contributed by atoms with E-state index in [2.05, 4.69) is 11.3 Å². The highest BCUT2D eigenvalue weighted by Gasteiger charge is 2.62. The van der Waals surface area contributed by atoms with Crippen molar-refractivity contribution >= 4 is 19.4 Å². The fourth-order valence-electron chi connectivity index (χ4n) is 2.12. The lowest BCUT2D eigenvalue weighted by Crippen LogP contribution is -2.45. The average Bonchev–Trinajstić information content (AvgIpc) is 2.76. The minimum absolute atomic E-state index is 0.166. The zero-order chi connectivity index (χ0) is 11.8. The van der Waals surface area contributed by atoms with Crippen molar-refractivity contribution in [1.29, 1.82) is 0 Å². The van der Waals surface area contributed by atoms with Crippen LogP contribution >= 0.6 is 11.6 Å². The van der Waals surface area contributed by atoms with Gasteiger partial charge in [-0.3, -0.25) is 0 Å². The van der Waals surface area contributed by atoms with Crippen LogP contribution in [0.5, 0.6) is 0 Å². The Balaban J connectivity index is 2.30. The van der Waals surface area contributed by atoms with Gasteiger partial charge in [-0.05, 0) is 17.5 Å². The van der Waals surface area contributed by atoms with Gasteiger partial charge >= 0.3 is 0 Å². The number of hydrogen-bond donors (Lipinski definition) is 1. The average molecular weight is 246 g/mol. The van der Waals surface area contributed by atoms with Gasteiger partial charge in [0.1, 0.15) is 20.1 Å². The van der Waals surface area contributed by atoms with Crippen LogP contribution < -0.4 is 0 Å². The lowest BCUT2D eigenvalue weighted by atomic mass is 9.81. The number of aliphatic hydroxyl groups is 1. The molecule has 3 unspecified atom stereocenters. The molecule has 2 saturated heterocycles. The van der Waals surface area contributed by atoms with Gasteiger partial charge in [0.05, 0.1) is 12.6 Å². The van der Waals surface area contributed by atoms with Crippen molar-refractivity contribution in [2.24, 2.45) is 0 Å². The van der Waals surface area contributed by atoms with Crippen molar-refractivity contribution in [3.8, 4) is 11.3 Å². The molecule has 0 aromatic carbocycles. The van der Waals surface area contributed by atoms with E-state index in [0.29, 0.717) is 0 Å². The second kappa shape index (κ2) is 4.53. The first-order chi connectivity index (χ1) is 7.67. The van der Waals surface area contributed by atoms with Gasteiger partial charge in [0.2, 0.25) is 0 Å². The summed E-state index contributed by atoms with van der Waals surface area (Å²) in [4.78, 5) is 0. The third-order valence-electron chi connectivity index (χ3n) is 2.91. The summed E-state index contributed by atoms with van der Waals surface area (Å²) in [6.07, 6.45) is -0.976. The largest absolute Gasteiger partial charge is 0.394 e. The Labute approximate surface area is 99.3 Å². The van der Waals surface area contributed by atoms with Gasteiger partial charge in [-0.25, -0.2) is 0 Å². The Bertz CT molecular complexity index is 330. The molecule has 0 amide bonds. The van der Waals surface area contributed by atoms with Crippen LogP contribution in [0.2, 0.25) is 0 Å². The van der Waals surface area contributed by atoms with Crippen molar-refractivity contribution in [2.75, 3.05) is 13.7 Å². The van der Waals surface area contributed by atoms with E-state index in [9.17, 15) is 5.11 Å². The van der Waals surface area contributed by atoms with Crippen molar-refractivity contribution in [2.45, 2.75) is 30.3 Å². The molecule has 16 heavy (non-hydrogen) atoms. The molecule has 2 fully saturated rings. The molecule has 5 nitrogen and oxygen atoms in total. The molecule has 0 bridgehead atoms. The van der Waals surface area contributed by atoms with Crippen molar-refractivity contribution in [3.05, 3.63) is 0 Å². The molecule has 0 spiro atoms. The first kappa shape index (κ1) is 12.2. The second-order valence-corrected chi connectivity index (χ2v) is 3.90. The molecule has 2 aliphatic rings. The SMILES string of the molecule is B[C@@H]1O[C@H](CO)C2OC(OC)OC21C#CCl. The molecule has 0 saturated carbocycles. The van der Waals surface area contributed by atoms with Crippen molar-refractivity contribution in [3.63, 3.8) is 0 Å². The molecule has 5 atom stereocenters. The van der Waals surface area contributed by atoms with Crippen LogP contribution in [0, 0.1) is 11.3 Å². The Morgan fingerprint density at radius 2 is 2.31 bits per heavy atom. The molecule has 88 valence electrons. The Morgan fingerprint density at radius 3 is 2.88 bits per heavy atom. The summed E-state index contributed by atoms with van der Waals surface area (Å²) in [7, 11) is 3.26. The van der Waals surface area contributed by atoms with E-state index >= 15 is 0 Å². The fourth-order valence-corrected chi connectivity index (χ4v) is 2.27. The summed E-state index contributed by atoms with van der Waals surface area (Å²) in [5.41, 5.74) is -0.962. The van der Waals surface area contributed by atoms with Crippen LogP contribution in [0.3, 0.4) is 0 Å². The van der Waals surface area contributed by atoms with Gasteiger partial charge in [0, 0.05) is 12.5 Å². The number of methoxy groups -OCH3 is 1. The van der Waals surface area contributed by atoms with Crippen molar-refractivity contribution in [1.82, 2.24) is 0 Å². The molecule has 1 N–H and O–H groups in total. The predicted octanol–water partition coefficient (Wildman–Crippen LogP) is -1.38. The number of ether oxygens (including phenoxy) is 4. The van der Waals surface area contributed by atoms with E-state index in [0.717, 1.165) is 0 Å². The zero-order valence-electron chi connectivity index (χ0n) is 8.97. The number of hydrogen-bond acceptors (Lipinski definition) is 5. The minimum atomic E-state index is -0.962. The van der Waals surface area contributed by atoms with Gasteiger partial charge < -0.3 is 24.1 Å². The quantitative estimate of drug-likeness (QED) is 0.481. The molecule has 0 aromatic rings. The fraction of sp³-hybridized carbons (Fsp3) is 0.778. The summed E-state index contributed by atoms with van der Waals surface area (Å²) in [5, 5.41) is 11.5. The van der Waals surface area contributed by atoms with Gasteiger partial charge in [-0.1, -0.05) is 0 Å². The maximum Gasteiger partial charge on any atom is 0.273 e. The molecule has 2 rings (SSSR count). The van der Waals surface area contributed by atoms with Crippen LogP contribution in [-0.2, 0) is 18.9 Å². The van der Waals surface area contributed by atoms with Crippen LogP contribution in [0.4, 0.5) is 0 Å². The Hall–Kier alpha value is -0.285. The van der Waals surface area contributed by atoms with E-state index in [4.69, 9.17) is 30.5 Å². The number of fused-ring (bicyclic) bond motifs is 1. The van der Waals surface area contributed by atoms with Gasteiger partial charge in [-0.2, -0.15) is 0 Å². The maximum absolute atomic E-state index is 9.19. The molecule has 2 heterocycles. The first-order valence-electron chi connectivity index (χ1n) is 4.93. The predicted molar refractivity (Wildman–Crippen MR) is 57.4 cm³/mol. The van der Waals surface area contributed by atoms with E-state index < -0.39 is 24.3 Å². The Kier molecular flexibility index (Phi) is 3.45. The third-order valence-corrected chi connectivity index (χ3v) is 3.00. The number of halogens is 1. The summed E-state index contributed by atoms with van der Waals surface area (Å²) >= 11 is 5.43. The van der Waals surface area contributed by atoms with E-state index in [-0.39, 0.29) is 12.6 Å². The standard InChI is InChI=1S/C9H12BClO5/c1-13-8-15-6-5(4-12)14-7(10)9(6,16-8)2-3-11/h5-8,12H,4,10H2,1H3/t5-,6?,7-,8?,9?/m1/s1. The molecule has 0 aliphatic carbocycles. The molecular weight excluding hydrogens is 234 g/mol. The van der Waals surface area contributed by atoms with Crippen LogP contribution in [0.25, 0.3) is 0 Å². The summed E-state index contributed by atoms with van der Waals surface area (Å²) in [5.74, 6) is 2.75. The maximum atomic E-state index is 9.19. The van der Waals surface area contributed by atoms with Crippen LogP contribution in [-0.4, -0.2) is 57.0 Å². The van der Waals surface area contributed by atoms with Crippen molar-refractivity contribution < 1.29 is 24.1 Å². The Morgan fingerprint density at radius 1 is 1.56 bits per heavy atom. The highest BCUT2D eigenvalue weighted by Crippen LogP contribution is 2.41. The molecule has 0 aromatic heterocycles. The minimum Gasteiger partial charge on any atom is -0.394 e. The summed E-state index contributed by atoms with van der Waals surface area (Å²) in [6, 6.07) is -0.346. The van der Waals surface area contributed by atoms with E-state index in [1.54, 1.807) is 7.85 Å². The van der Waals surface area contributed by atoms with E-state index in [1.807, 2.05) is 0 Å². The molecule has 0 radical (unpaired) electrons. The third kappa shape index (κ3) is 1.64. The van der Waals surface area contributed by atoms with E-state index in [1.165, 1.54) is 7.11 Å². The normalized spacial score (nSPS) is 46.2. The number of rotatable bonds is 2. The number of aliphatic hydroxyl groups excluding tert-OH is 1. The first-order valence-corrected chi connectivity index (χ1v) is 5.31. The highest BCUT2D eigenvalue weighted by molar-refractivity contribution is 6.30. The lowest BCUT2D eigenvalue weighted by molar-refractivity contribution is -0.253. The molecule has 7 heteroatoms. The smallest absolute Gasteiger partial charge is 0.273 e. The van der Waals surface area contributed by atoms with Crippen LogP contribution in [0.1, 0.15) is 0 Å². The van der Waals surface area contributed by atoms with Gasteiger partial charge in [0.15, 0.2) is 5.60 Å². The topological polar surface area (TPSA) is 57.2 Å². The highest BCUT2D eigenvalue weighted by atomic mass is 35.5. The second-order valence-electron chi connectivity index (χ2n) is 3.71. The lowest BCUT2D eigenvalue weighted by Gasteiger charge is -2.23. The summed E-state index contributed by atoms with van der Waals surface area (Å²) < 4.78 is 21.5. The summed E-state index contributed by atoms with van der Waals surface area (Å²) in [6.45, 7) is -0.969. The van der Waals surface area contributed by atoms with Crippen LogP contribution in [0.15, 0.2) is 0 Å². The molecular formula is C9H12BClO5. The van der Waals surface area contributed by atoms with Gasteiger partial charge in [0.25, 0.3) is 6.48 Å². The monoisotopic (exact) mass is 246 g/mol. The van der Waals surface area contributed by atoms with Gasteiger partial charge in [-0.15, -0.1) is 0 Å².